The van der Waals surface area contributed by atoms with Gasteiger partial charge in [-0.1, -0.05) is 23.2 Å². The molecule has 0 saturated carbocycles. The molecule has 0 atom stereocenters. The van der Waals surface area contributed by atoms with Crippen LogP contribution in [0.4, 0.5) is 0 Å². The number of rotatable bonds is 3. The summed E-state index contributed by atoms with van der Waals surface area (Å²) in [5, 5.41) is 0.888. The summed E-state index contributed by atoms with van der Waals surface area (Å²) in [5.74, 6) is -0.195. The van der Waals surface area contributed by atoms with E-state index in [2.05, 4.69) is 4.98 Å². The Morgan fingerprint density at radius 3 is 2.44 bits per heavy atom. The summed E-state index contributed by atoms with van der Waals surface area (Å²) in [6.45, 7) is 8.98. The number of benzene rings is 1. The van der Waals surface area contributed by atoms with Crippen molar-refractivity contribution >= 4 is 40.6 Å². The summed E-state index contributed by atoms with van der Waals surface area (Å²) in [4.78, 5) is 43.6. The number of likely N-dealkylation sites (tertiary alicyclic amines) is 1. The van der Waals surface area contributed by atoms with E-state index in [-0.39, 0.29) is 23.9 Å². The fourth-order valence-electron chi connectivity index (χ4n) is 4.39. The lowest BCUT2D eigenvalue weighted by molar-refractivity contribution is -0.130. The maximum absolute atomic E-state index is 13.5. The van der Waals surface area contributed by atoms with E-state index in [9.17, 15) is 14.4 Å². The van der Waals surface area contributed by atoms with Crippen LogP contribution in [-0.2, 0) is 17.8 Å². The minimum absolute atomic E-state index is 0.0309. The number of nitrogens with one attached hydrogen (secondary N) is 1. The maximum atomic E-state index is 13.5. The molecule has 8 heteroatoms. The predicted molar refractivity (Wildman–Crippen MR) is 126 cm³/mol. The summed E-state index contributed by atoms with van der Waals surface area (Å²) in [6.07, 6.45) is 0.566. The van der Waals surface area contributed by atoms with E-state index in [0.717, 1.165) is 28.0 Å². The molecule has 2 amide bonds. The number of aromatic nitrogens is 1. The molecule has 0 radical (unpaired) electrons. The van der Waals surface area contributed by atoms with Gasteiger partial charge in [-0.25, -0.2) is 0 Å². The Kier molecular flexibility index (Phi) is 5.94. The van der Waals surface area contributed by atoms with Crippen molar-refractivity contribution in [2.24, 2.45) is 0 Å². The van der Waals surface area contributed by atoms with Crippen LogP contribution in [0.2, 0.25) is 10.0 Å². The summed E-state index contributed by atoms with van der Waals surface area (Å²) in [7, 11) is 0. The molecule has 0 spiro atoms. The van der Waals surface area contributed by atoms with E-state index in [1.807, 2.05) is 32.9 Å². The van der Waals surface area contributed by atoms with Gasteiger partial charge in [-0.05, 0) is 67.2 Å². The Labute approximate surface area is 196 Å². The van der Waals surface area contributed by atoms with Gasteiger partial charge in [-0.2, -0.15) is 0 Å². The quantitative estimate of drug-likeness (QED) is 0.727. The van der Waals surface area contributed by atoms with Crippen LogP contribution >= 0.6 is 23.2 Å². The molecule has 4 rings (SSSR count). The molecule has 1 saturated heterocycles. The molecule has 1 N–H and O–H groups in total. The third-order valence-electron chi connectivity index (χ3n) is 6.44. The van der Waals surface area contributed by atoms with E-state index in [0.29, 0.717) is 52.8 Å². The fraction of sp³-hybridized carbons (Fsp3) is 0.375. The van der Waals surface area contributed by atoms with Crippen LogP contribution in [0.25, 0.3) is 5.57 Å². The van der Waals surface area contributed by atoms with Gasteiger partial charge in [0.05, 0.1) is 17.1 Å². The fourth-order valence-corrected chi connectivity index (χ4v) is 5.08. The molecule has 0 bridgehead atoms. The topological polar surface area (TPSA) is 73.5 Å². The highest BCUT2D eigenvalue weighted by molar-refractivity contribution is 6.38. The molecule has 168 valence electrons. The number of hydrogen-bond donors (Lipinski definition) is 1. The second kappa shape index (κ2) is 8.41. The third-order valence-corrected chi connectivity index (χ3v) is 7.17. The van der Waals surface area contributed by atoms with E-state index >= 15 is 0 Å². The van der Waals surface area contributed by atoms with Crippen LogP contribution < -0.4 is 5.56 Å². The number of aromatic amines is 1. The number of carbonyl (C=O) groups excluding carboxylic acids is 2. The second-order valence-corrected chi connectivity index (χ2v) is 9.38. The van der Waals surface area contributed by atoms with Crippen molar-refractivity contribution in [1.29, 1.82) is 0 Å². The molecule has 1 fully saturated rings. The van der Waals surface area contributed by atoms with Crippen molar-refractivity contribution in [3.05, 3.63) is 71.6 Å². The van der Waals surface area contributed by atoms with Crippen molar-refractivity contribution in [3.63, 3.8) is 0 Å². The van der Waals surface area contributed by atoms with Gasteiger partial charge in [0.15, 0.2) is 0 Å². The first-order chi connectivity index (χ1) is 15.1. The number of allylic oxidation sites excluding steroid dienone is 1. The van der Waals surface area contributed by atoms with E-state index in [1.54, 1.807) is 16.7 Å². The molecule has 2 aromatic rings. The number of pyridine rings is 1. The molecule has 2 aliphatic heterocycles. The monoisotopic (exact) mass is 473 g/mol. The van der Waals surface area contributed by atoms with Gasteiger partial charge in [0.2, 0.25) is 5.91 Å². The van der Waals surface area contributed by atoms with Gasteiger partial charge in [-0.3, -0.25) is 14.4 Å². The van der Waals surface area contributed by atoms with Crippen molar-refractivity contribution in [2.45, 2.75) is 40.7 Å². The van der Waals surface area contributed by atoms with E-state index in [1.165, 1.54) is 0 Å². The SMILES string of the molecule is CC(=O)N1CC(=C(C)c2cc(Cl)c3c(c2Cl)C(=O)N(Cc2c(C)cc(C)[nH]c2=O)CC3)C1. The van der Waals surface area contributed by atoms with Crippen LogP contribution in [0.1, 0.15) is 52.2 Å². The Bertz CT molecular complexity index is 1240. The number of halogens is 2. The highest BCUT2D eigenvalue weighted by Gasteiger charge is 2.32. The number of H-pyrrole nitrogens is 1. The molecule has 1 aromatic carbocycles. The van der Waals surface area contributed by atoms with Crippen LogP contribution in [-0.4, -0.2) is 46.2 Å². The maximum Gasteiger partial charge on any atom is 0.256 e. The Balaban J connectivity index is 1.69. The number of nitrogens with zero attached hydrogens (tertiary/aromatic N) is 2. The zero-order valence-corrected chi connectivity index (χ0v) is 20.1. The predicted octanol–water partition coefficient (Wildman–Crippen LogP) is 4.13. The Morgan fingerprint density at radius 1 is 1.12 bits per heavy atom. The lowest BCUT2D eigenvalue weighted by atomic mass is 9.90. The van der Waals surface area contributed by atoms with Gasteiger partial charge in [0.1, 0.15) is 0 Å². The summed E-state index contributed by atoms with van der Waals surface area (Å²) < 4.78 is 0. The first-order valence-corrected chi connectivity index (χ1v) is 11.3. The number of aryl methyl sites for hydroxylation is 2. The summed E-state index contributed by atoms with van der Waals surface area (Å²) in [6, 6.07) is 3.72. The van der Waals surface area contributed by atoms with E-state index in [4.69, 9.17) is 23.2 Å². The van der Waals surface area contributed by atoms with Crippen molar-refractivity contribution in [2.75, 3.05) is 19.6 Å². The normalized spacial score (nSPS) is 15.6. The Hall–Kier alpha value is -2.57. The number of fused-ring (bicyclic) bond motifs is 1. The van der Waals surface area contributed by atoms with Crippen LogP contribution in [0.5, 0.6) is 0 Å². The van der Waals surface area contributed by atoms with Gasteiger partial charge < -0.3 is 14.8 Å². The van der Waals surface area contributed by atoms with E-state index < -0.39 is 0 Å². The number of hydrogen-bond acceptors (Lipinski definition) is 3. The zero-order chi connectivity index (χ0) is 23.3. The summed E-state index contributed by atoms with van der Waals surface area (Å²) in [5.41, 5.74) is 5.93. The van der Waals surface area contributed by atoms with Gasteiger partial charge >= 0.3 is 0 Å². The largest absolute Gasteiger partial charge is 0.335 e. The van der Waals surface area contributed by atoms with Crippen LogP contribution in [0.15, 0.2) is 22.5 Å². The minimum Gasteiger partial charge on any atom is -0.335 e. The third kappa shape index (κ3) is 3.86. The van der Waals surface area contributed by atoms with Crippen LogP contribution in [0, 0.1) is 13.8 Å². The zero-order valence-electron chi connectivity index (χ0n) is 18.6. The lowest BCUT2D eigenvalue weighted by Crippen LogP contribution is -2.43. The molecule has 0 aliphatic carbocycles. The van der Waals surface area contributed by atoms with Crippen molar-refractivity contribution in [1.82, 2.24) is 14.8 Å². The molecular weight excluding hydrogens is 449 g/mol. The Morgan fingerprint density at radius 2 is 1.81 bits per heavy atom. The molecule has 0 unspecified atom stereocenters. The highest BCUT2D eigenvalue weighted by Crippen LogP contribution is 2.39. The first-order valence-electron chi connectivity index (χ1n) is 10.5. The number of carbonyl (C=O) groups is 2. The smallest absolute Gasteiger partial charge is 0.256 e. The molecule has 2 aliphatic rings. The second-order valence-electron chi connectivity index (χ2n) is 8.60. The van der Waals surface area contributed by atoms with Crippen LogP contribution in [0.3, 0.4) is 0 Å². The summed E-state index contributed by atoms with van der Waals surface area (Å²) >= 11 is 13.4. The first kappa shape index (κ1) is 22.6. The highest BCUT2D eigenvalue weighted by atomic mass is 35.5. The van der Waals surface area contributed by atoms with Crippen molar-refractivity contribution in [3.8, 4) is 0 Å². The average Bonchev–Trinajstić information content (AvgIpc) is 2.66. The molecular formula is C24H25Cl2N3O3. The van der Waals surface area contributed by atoms with Gasteiger partial charge in [-0.15, -0.1) is 0 Å². The minimum atomic E-state index is -0.226. The molecule has 6 nitrogen and oxygen atoms in total. The average molecular weight is 474 g/mol. The molecule has 32 heavy (non-hydrogen) atoms. The van der Waals surface area contributed by atoms with Gasteiger partial charge in [0, 0.05) is 42.8 Å². The van der Waals surface area contributed by atoms with Gasteiger partial charge in [0.25, 0.3) is 11.5 Å². The molecule has 1 aromatic heterocycles. The van der Waals surface area contributed by atoms with Crippen molar-refractivity contribution < 1.29 is 9.59 Å². The molecule has 3 heterocycles. The standard InChI is InChI=1S/C24H25Cl2N3O3/c1-12-7-13(2)27-23(31)19(12)11-28-6-5-17-20(25)8-18(22(26)21(17)24(28)32)14(3)16-9-29(10-16)15(4)30/h7-8H,5-6,9-11H2,1-4H3,(H,27,31). The lowest BCUT2D eigenvalue weighted by Gasteiger charge is -2.35. The number of amides is 2.